The molecule has 0 radical (unpaired) electrons. The second-order valence-corrected chi connectivity index (χ2v) is 2.85. The van der Waals surface area contributed by atoms with Crippen molar-refractivity contribution in [2.45, 2.75) is 0 Å². The van der Waals surface area contributed by atoms with Crippen LogP contribution in [0.25, 0.3) is 11.0 Å². The van der Waals surface area contributed by atoms with E-state index in [4.69, 9.17) is 16.9 Å². The van der Waals surface area contributed by atoms with Gasteiger partial charge in [-0.25, -0.2) is 9.97 Å². The van der Waals surface area contributed by atoms with E-state index in [0.717, 1.165) is 5.39 Å². The molecule has 0 bridgehead atoms. The van der Waals surface area contributed by atoms with Crippen molar-refractivity contribution < 1.29 is 0 Å². The standard InChI is InChI=1S/C9H4ClN3/c10-8-7(5-11)4-6-2-1-3-12-9(6)13-8/h1-4H. The Morgan fingerprint density at radius 1 is 1.46 bits per heavy atom. The average molecular weight is 190 g/mol. The summed E-state index contributed by atoms with van der Waals surface area (Å²) in [4.78, 5) is 7.99. The van der Waals surface area contributed by atoms with E-state index < -0.39 is 0 Å². The number of hydrogen-bond acceptors (Lipinski definition) is 3. The maximum atomic E-state index is 8.68. The second kappa shape index (κ2) is 3.00. The number of pyridine rings is 2. The Hall–Kier alpha value is -1.66. The van der Waals surface area contributed by atoms with Crippen LogP contribution in [0.1, 0.15) is 5.56 Å². The Kier molecular flexibility index (Phi) is 1.84. The minimum Gasteiger partial charge on any atom is -0.237 e. The van der Waals surface area contributed by atoms with E-state index in [0.29, 0.717) is 11.2 Å². The van der Waals surface area contributed by atoms with Crippen molar-refractivity contribution in [1.29, 1.82) is 5.26 Å². The average Bonchev–Trinajstić information content (AvgIpc) is 2.17. The quantitative estimate of drug-likeness (QED) is 0.597. The summed E-state index contributed by atoms with van der Waals surface area (Å²) in [5.41, 5.74) is 0.939. The molecular formula is C9H4ClN3. The smallest absolute Gasteiger partial charge is 0.160 e. The van der Waals surface area contributed by atoms with Crippen LogP contribution in [0.4, 0.5) is 0 Å². The molecule has 0 atom stereocenters. The molecule has 0 aliphatic rings. The minimum absolute atomic E-state index is 0.203. The lowest BCUT2D eigenvalue weighted by molar-refractivity contribution is 1.27. The summed E-state index contributed by atoms with van der Waals surface area (Å²) in [5.74, 6) is 0. The van der Waals surface area contributed by atoms with Crippen LogP contribution in [0.5, 0.6) is 0 Å². The number of nitriles is 1. The van der Waals surface area contributed by atoms with Crippen molar-refractivity contribution >= 4 is 22.6 Å². The largest absolute Gasteiger partial charge is 0.237 e. The number of aromatic nitrogens is 2. The molecule has 0 aliphatic heterocycles. The predicted octanol–water partition coefficient (Wildman–Crippen LogP) is 2.15. The van der Waals surface area contributed by atoms with E-state index in [1.165, 1.54) is 0 Å². The van der Waals surface area contributed by atoms with E-state index in [-0.39, 0.29) is 5.15 Å². The van der Waals surface area contributed by atoms with Gasteiger partial charge in [0.1, 0.15) is 11.2 Å². The van der Waals surface area contributed by atoms with Crippen molar-refractivity contribution in [2.24, 2.45) is 0 Å². The Morgan fingerprint density at radius 2 is 2.31 bits per heavy atom. The molecule has 2 aromatic heterocycles. The van der Waals surface area contributed by atoms with Gasteiger partial charge in [-0.1, -0.05) is 11.6 Å². The first-order valence-corrected chi connectivity index (χ1v) is 4.00. The van der Waals surface area contributed by atoms with Crippen LogP contribution in [0.3, 0.4) is 0 Å². The van der Waals surface area contributed by atoms with Crippen molar-refractivity contribution in [3.8, 4) is 6.07 Å². The molecule has 0 unspecified atom stereocenters. The zero-order chi connectivity index (χ0) is 9.26. The number of fused-ring (bicyclic) bond motifs is 1. The van der Waals surface area contributed by atoms with Gasteiger partial charge < -0.3 is 0 Å². The highest BCUT2D eigenvalue weighted by Crippen LogP contribution is 2.17. The number of rotatable bonds is 0. The van der Waals surface area contributed by atoms with Gasteiger partial charge in [0, 0.05) is 11.6 Å². The molecule has 4 heteroatoms. The van der Waals surface area contributed by atoms with Crippen LogP contribution in [0, 0.1) is 11.3 Å². The maximum Gasteiger partial charge on any atom is 0.160 e. The summed E-state index contributed by atoms with van der Waals surface area (Å²) in [6, 6.07) is 7.27. The fourth-order valence-corrected chi connectivity index (χ4v) is 1.24. The van der Waals surface area contributed by atoms with Crippen LogP contribution < -0.4 is 0 Å². The van der Waals surface area contributed by atoms with Crippen LogP contribution in [-0.4, -0.2) is 9.97 Å². The van der Waals surface area contributed by atoms with Gasteiger partial charge in [-0.05, 0) is 18.2 Å². The summed E-state index contributed by atoms with van der Waals surface area (Å²) in [6.45, 7) is 0. The molecule has 2 aromatic rings. The highest BCUT2D eigenvalue weighted by atomic mass is 35.5. The molecular weight excluding hydrogens is 186 g/mol. The van der Waals surface area contributed by atoms with Gasteiger partial charge in [0.15, 0.2) is 5.65 Å². The first-order valence-electron chi connectivity index (χ1n) is 3.62. The van der Waals surface area contributed by atoms with Crippen LogP contribution in [-0.2, 0) is 0 Å². The van der Waals surface area contributed by atoms with E-state index in [2.05, 4.69) is 9.97 Å². The highest BCUT2D eigenvalue weighted by molar-refractivity contribution is 6.30. The Bertz CT molecular complexity index is 502. The van der Waals surface area contributed by atoms with Gasteiger partial charge in [-0.3, -0.25) is 0 Å². The van der Waals surface area contributed by atoms with Crippen molar-refractivity contribution in [3.63, 3.8) is 0 Å². The second-order valence-electron chi connectivity index (χ2n) is 2.49. The Labute approximate surface area is 79.6 Å². The Balaban J connectivity index is 2.83. The third-order valence-corrected chi connectivity index (χ3v) is 1.95. The maximum absolute atomic E-state index is 8.68. The van der Waals surface area contributed by atoms with Crippen LogP contribution in [0.15, 0.2) is 24.4 Å². The van der Waals surface area contributed by atoms with E-state index in [9.17, 15) is 0 Å². The van der Waals surface area contributed by atoms with Gasteiger partial charge in [0.05, 0.1) is 5.56 Å². The predicted molar refractivity (Wildman–Crippen MR) is 49.3 cm³/mol. The molecule has 0 aliphatic carbocycles. The summed E-state index contributed by atoms with van der Waals surface area (Å²) in [5, 5.41) is 9.71. The van der Waals surface area contributed by atoms with Crippen LogP contribution >= 0.6 is 11.6 Å². The summed E-state index contributed by atoms with van der Waals surface area (Å²) >= 11 is 5.73. The van der Waals surface area contributed by atoms with E-state index >= 15 is 0 Å². The van der Waals surface area contributed by atoms with Gasteiger partial charge >= 0.3 is 0 Å². The van der Waals surface area contributed by atoms with Gasteiger partial charge in [0.2, 0.25) is 0 Å². The van der Waals surface area contributed by atoms with E-state index in [1.54, 1.807) is 18.3 Å². The molecule has 0 spiro atoms. The molecule has 2 heterocycles. The lowest BCUT2D eigenvalue weighted by atomic mass is 10.2. The molecule has 3 nitrogen and oxygen atoms in total. The zero-order valence-corrected chi connectivity index (χ0v) is 7.28. The number of nitrogens with zero attached hydrogens (tertiary/aromatic N) is 3. The third kappa shape index (κ3) is 1.32. The Morgan fingerprint density at radius 3 is 3.08 bits per heavy atom. The third-order valence-electron chi connectivity index (χ3n) is 1.66. The van der Waals surface area contributed by atoms with Crippen molar-refractivity contribution in [2.75, 3.05) is 0 Å². The van der Waals surface area contributed by atoms with Crippen molar-refractivity contribution in [1.82, 2.24) is 9.97 Å². The first kappa shape index (κ1) is 7.96. The first-order chi connectivity index (χ1) is 6.31. The number of halogens is 1. The summed E-state index contributed by atoms with van der Waals surface area (Å²) in [7, 11) is 0. The molecule has 0 saturated heterocycles. The molecule has 0 N–H and O–H groups in total. The molecule has 0 saturated carbocycles. The summed E-state index contributed by atoms with van der Waals surface area (Å²) < 4.78 is 0. The molecule has 0 amide bonds. The lowest BCUT2D eigenvalue weighted by Crippen LogP contribution is -1.87. The monoisotopic (exact) mass is 189 g/mol. The number of hydrogen-bond donors (Lipinski definition) is 0. The summed E-state index contributed by atoms with van der Waals surface area (Å²) in [6.07, 6.45) is 1.64. The molecule has 2 rings (SSSR count). The fraction of sp³-hybridized carbons (Fsp3) is 0. The molecule has 62 valence electrons. The highest BCUT2D eigenvalue weighted by Gasteiger charge is 2.03. The fourth-order valence-electron chi connectivity index (χ4n) is 1.06. The van der Waals surface area contributed by atoms with Gasteiger partial charge in [-0.2, -0.15) is 5.26 Å². The van der Waals surface area contributed by atoms with Crippen LogP contribution in [0.2, 0.25) is 5.15 Å². The van der Waals surface area contributed by atoms with Gasteiger partial charge in [-0.15, -0.1) is 0 Å². The molecule has 13 heavy (non-hydrogen) atoms. The molecule has 0 aromatic carbocycles. The lowest BCUT2D eigenvalue weighted by Gasteiger charge is -1.97. The topological polar surface area (TPSA) is 49.6 Å². The van der Waals surface area contributed by atoms with E-state index in [1.807, 2.05) is 12.1 Å². The van der Waals surface area contributed by atoms with Crippen molar-refractivity contribution in [3.05, 3.63) is 35.1 Å². The van der Waals surface area contributed by atoms with Gasteiger partial charge in [0.25, 0.3) is 0 Å². The SMILES string of the molecule is N#Cc1cc2cccnc2nc1Cl. The normalized spacial score (nSPS) is 9.85. The molecule has 0 fully saturated rings. The zero-order valence-electron chi connectivity index (χ0n) is 6.53. The minimum atomic E-state index is 0.203.